The van der Waals surface area contributed by atoms with E-state index >= 15 is 0 Å². The second-order valence-corrected chi connectivity index (χ2v) is 4.68. The first kappa shape index (κ1) is 12.8. The van der Waals surface area contributed by atoms with Crippen LogP contribution < -0.4 is 0 Å². The number of nitrogens with zero attached hydrogens (tertiary/aromatic N) is 2. The van der Waals surface area contributed by atoms with Crippen molar-refractivity contribution in [2.24, 2.45) is 7.05 Å². The molecule has 4 heteroatoms. The molecule has 0 amide bonds. The van der Waals surface area contributed by atoms with Gasteiger partial charge in [-0.2, -0.15) is 5.26 Å². The van der Waals surface area contributed by atoms with Crippen LogP contribution in [0.3, 0.4) is 0 Å². The first-order chi connectivity index (χ1) is 8.61. The number of halogens is 2. The third-order valence-corrected chi connectivity index (χ3v) is 3.17. The smallest absolute Gasteiger partial charge is 0.0999 e. The van der Waals surface area contributed by atoms with Crippen LogP contribution in [0.2, 0.25) is 10.0 Å². The lowest BCUT2D eigenvalue weighted by Gasteiger charge is -2.04. The van der Waals surface area contributed by atoms with E-state index in [1.54, 1.807) is 24.3 Å². The van der Waals surface area contributed by atoms with Crippen molar-refractivity contribution in [3.8, 4) is 6.07 Å². The van der Waals surface area contributed by atoms with Crippen molar-refractivity contribution in [2.75, 3.05) is 0 Å². The molecule has 0 bridgehead atoms. The quantitative estimate of drug-likeness (QED) is 0.748. The van der Waals surface area contributed by atoms with Gasteiger partial charge >= 0.3 is 0 Å². The molecule has 1 aromatic heterocycles. The molecule has 2 rings (SSSR count). The van der Waals surface area contributed by atoms with E-state index in [0.29, 0.717) is 21.2 Å². The van der Waals surface area contributed by atoms with Crippen molar-refractivity contribution in [1.29, 1.82) is 5.26 Å². The van der Waals surface area contributed by atoms with E-state index in [2.05, 4.69) is 6.07 Å². The zero-order chi connectivity index (χ0) is 13.1. The molecule has 0 aliphatic heterocycles. The zero-order valence-corrected chi connectivity index (χ0v) is 11.2. The normalized spacial score (nSPS) is 11.3. The summed E-state index contributed by atoms with van der Waals surface area (Å²) in [5, 5.41) is 10.3. The summed E-state index contributed by atoms with van der Waals surface area (Å²) >= 11 is 11.9. The highest BCUT2D eigenvalue weighted by molar-refractivity contribution is 6.36. The summed E-state index contributed by atoms with van der Waals surface area (Å²) in [6.07, 6.45) is 3.72. The second kappa shape index (κ2) is 5.30. The fourth-order valence-corrected chi connectivity index (χ4v) is 2.16. The Labute approximate surface area is 116 Å². The zero-order valence-electron chi connectivity index (χ0n) is 9.69. The van der Waals surface area contributed by atoms with Crippen LogP contribution in [-0.4, -0.2) is 4.57 Å². The number of hydrogen-bond donors (Lipinski definition) is 0. The SMILES string of the molecule is Cn1cccc1/C=C(\C#N)c1ccc(Cl)cc1Cl. The van der Waals surface area contributed by atoms with Crippen molar-refractivity contribution in [3.63, 3.8) is 0 Å². The second-order valence-electron chi connectivity index (χ2n) is 3.84. The molecule has 0 aliphatic rings. The third-order valence-electron chi connectivity index (χ3n) is 2.62. The Morgan fingerprint density at radius 2 is 2.11 bits per heavy atom. The van der Waals surface area contributed by atoms with Crippen LogP contribution in [0.25, 0.3) is 11.6 Å². The van der Waals surface area contributed by atoms with Gasteiger partial charge in [0.1, 0.15) is 0 Å². The highest BCUT2D eigenvalue weighted by Gasteiger charge is 2.07. The van der Waals surface area contributed by atoms with Gasteiger partial charge in [-0.05, 0) is 30.3 Å². The Hall–Kier alpha value is -1.69. The number of rotatable bonds is 2. The summed E-state index contributed by atoms with van der Waals surface area (Å²) in [6, 6.07) is 11.1. The Balaban J connectivity index is 2.50. The van der Waals surface area contributed by atoms with Gasteiger partial charge in [-0.15, -0.1) is 0 Å². The molecule has 0 radical (unpaired) electrons. The number of benzene rings is 1. The molecule has 0 saturated heterocycles. The molecular weight excluding hydrogens is 267 g/mol. The first-order valence-electron chi connectivity index (χ1n) is 5.30. The van der Waals surface area contributed by atoms with Crippen LogP contribution in [0.1, 0.15) is 11.3 Å². The molecule has 0 atom stereocenters. The number of aromatic nitrogens is 1. The number of aryl methyl sites for hydroxylation is 1. The maximum Gasteiger partial charge on any atom is 0.0999 e. The van der Waals surface area contributed by atoms with Crippen LogP contribution in [0.4, 0.5) is 0 Å². The molecule has 1 aromatic carbocycles. The molecule has 0 spiro atoms. The molecule has 2 nitrogen and oxygen atoms in total. The summed E-state index contributed by atoms with van der Waals surface area (Å²) in [5.41, 5.74) is 2.14. The average Bonchev–Trinajstić information content (AvgIpc) is 2.73. The first-order valence-corrected chi connectivity index (χ1v) is 6.06. The molecule has 18 heavy (non-hydrogen) atoms. The van der Waals surface area contributed by atoms with Crippen LogP contribution in [-0.2, 0) is 7.05 Å². The third kappa shape index (κ3) is 2.59. The highest BCUT2D eigenvalue weighted by Crippen LogP contribution is 2.28. The standard InChI is InChI=1S/C14H10Cl2N2/c1-18-6-2-3-12(18)7-10(9-17)13-5-4-11(15)8-14(13)16/h2-8H,1H3/b10-7+. The van der Waals surface area contributed by atoms with E-state index in [1.807, 2.05) is 29.9 Å². The van der Waals surface area contributed by atoms with E-state index in [0.717, 1.165) is 5.69 Å². The number of allylic oxidation sites excluding steroid dienone is 1. The van der Waals surface area contributed by atoms with Crippen LogP contribution in [0, 0.1) is 11.3 Å². The minimum Gasteiger partial charge on any atom is -0.351 e. The monoisotopic (exact) mass is 276 g/mol. The summed E-state index contributed by atoms with van der Waals surface area (Å²) in [7, 11) is 1.92. The Morgan fingerprint density at radius 3 is 2.67 bits per heavy atom. The predicted octanol–water partition coefficient (Wildman–Crippen LogP) is 4.40. The minimum atomic E-state index is 0.476. The average molecular weight is 277 g/mol. The van der Waals surface area contributed by atoms with Gasteiger partial charge in [0.2, 0.25) is 0 Å². The molecule has 1 heterocycles. The van der Waals surface area contributed by atoms with Crippen LogP contribution in [0.5, 0.6) is 0 Å². The highest BCUT2D eigenvalue weighted by atomic mass is 35.5. The fraction of sp³-hybridized carbons (Fsp3) is 0.0714. The maximum atomic E-state index is 9.24. The predicted molar refractivity (Wildman–Crippen MR) is 75.4 cm³/mol. The van der Waals surface area contributed by atoms with E-state index < -0.39 is 0 Å². The van der Waals surface area contributed by atoms with Gasteiger partial charge in [-0.25, -0.2) is 0 Å². The molecule has 90 valence electrons. The topological polar surface area (TPSA) is 28.7 Å². The van der Waals surface area contributed by atoms with Gasteiger partial charge in [-0.1, -0.05) is 29.3 Å². The summed E-state index contributed by atoms with van der Waals surface area (Å²) in [5.74, 6) is 0. The number of nitriles is 1. The van der Waals surface area contributed by atoms with Gasteiger partial charge in [0.05, 0.1) is 16.7 Å². The fourth-order valence-electron chi connectivity index (χ4n) is 1.65. The number of hydrogen-bond acceptors (Lipinski definition) is 1. The molecule has 0 fully saturated rings. The molecule has 0 aliphatic carbocycles. The summed E-state index contributed by atoms with van der Waals surface area (Å²) < 4.78 is 1.93. The van der Waals surface area contributed by atoms with Crippen molar-refractivity contribution >= 4 is 34.9 Å². The Morgan fingerprint density at radius 1 is 1.33 bits per heavy atom. The summed E-state index contributed by atoms with van der Waals surface area (Å²) in [4.78, 5) is 0. The molecule has 2 aromatic rings. The lowest BCUT2D eigenvalue weighted by Crippen LogP contribution is -1.90. The van der Waals surface area contributed by atoms with Crippen molar-refractivity contribution in [1.82, 2.24) is 4.57 Å². The van der Waals surface area contributed by atoms with Crippen LogP contribution >= 0.6 is 23.2 Å². The van der Waals surface area contributed by atoms with Gasteiger partial charge in [0.25, 0.3) is 0 Å². The van der Waals surface area contributed by atoms with E-state index in [4.69, 9.17) is 23.2 Å². The summed E-state index contributed by atoms with van der Waals surface area (Å²) in [6.45, 7) is 0. The van der Waals surface area contributed by atoms with E-state index in [-0.39, 0.29) is 0 Å². The van der Waals surface area contributed by atoms with Gasteiger partial charge < -0.3 is 4.57 Å². The van der Waals surface area contributed by atoms with Crippen molar-refractivity contribution in [2.45, 2.75) is 0 Å². The van der Waals surface area contributed by atoms with Crippen molar-refractivity contribution < 1.29 is 0 Å². The van der Waals surface area contributed by atoms with E-state index in [9.17, 15) is 5.26 Å². The van der Waals surface area contributed by atoms with Gasteiger partial charge in [0.15, 0.2) is 0 Å². The Kier molecular flexibility index (Phi) is 3.76. The van der Waals surface area contributed by atoms with Crippen LogP contribution in [0.15, 0.2) is 36.5 Å². The molecule has 0 N–H and O–H groups in total. The Bertz CT molecular complexity index is 648. The lowest BCUT2D eigenvalue weighted by molar-refractivity contribution is 0.915. The van der Waals surface area contributed by atoms with Gasteiger partial charge in [0, 0.05) is 29.5 Å². The molecule has 0 saturated carbocycles. The largest absolute Gasteiger partial charge is 0.351 e. The van der Waals surface area contributed by atoms with Crippen molar-refractivity contribution in [3.05, 3.63) is 57.8 Å². The lowest BCUT2D eigenvalue weighted by atomic mass is 10.1. The molecular formula is C14H10Cl2N2. The van der Waals surface area contributed by atoms with Gasteiger partial charge in [-0.3, -0.25) is 0 Å². The minimum absolute atomic E-state index is 0.476. The molecule has 0 unspecified atom stereocenters. The van der Waals surface area contributed by atoms with E-state index in [1.165, 1.54) is 0 Å². The maximum absolute atomic E-state index is 9.24.